The summed E-state index contributed by atoms with van der Waals surface area (Å²) >= 11 is 0. The first kappa shape index (κ1) is 12.8. The molecule has 2 aromatic rings. The van der Waals surface area contributed by atoms with Gasteiger partial charge in [0.25, 0.3) is 0 Å². The number of carbonyl (C=O) groups is 1. The lowest BCUT2D eigenvalue weighted by Gasteiger charge is -2.30. The van der Waals surface area contributed by atoms with Crippen molar-refractivity contribution in [3.05, 3.63) is 34.7 Å². The quantitative estimate of drug-likeness (QED) is 0.876. The molecule has 6 heteroatoms. The minimum Gasteiger partial charge on any atom is -0.465 e. The normalized spacial score (nSPS) is 16.7. The second-order valence-electron chi connectivity index (χ2n) is 5.27. The number of likely N-dealkylation sites (tertiary alicyclic amines) is 1. The average molecular weight is 275 g/mol. The van der Waals surface area contributed by atoms with Gasteiger partial charge in [-0.3, -0.25) is 4.57 Å². The van der Waals surface area contributed by atoms with Gasteiger partial charge in [-0.2, -0.15) is 0 Å². The van der Waals surface area contributed by atoms with Gasteiger partial charge in [-0.1, -0.05) is 12.1 Å². The van der Waals surface area contributed by atoms with E-state index in [1.54, 1.807) is 4.57 Å². The number of imidazole rings is 1. The van der Waals surface area contributed by atoms with Crippen LogP contribution in [0.1, 0.15) is 12.8 Å². The molecule has 0 saturated carbocycles. The Balaban J connectivity index is 1.76. The summed E-state index contributed by atoms with van der Waals surface area (Å²) in [6.45, 7) is 1.75. The van der Waals surface area contributed by atoms with Crippen molar-refractivity contribution in [3.8, 4) is 0 Å². The molecular formula is C14H17N3O3. The van der Waals surface area contributed by atoms with Gasteiger partial charge >= 0.3 is 11.8 Å². The summed E-state index contributed by atoms with van der Waals surface area (Å²) in [4.78, 5) is 27.1. The molecule has 2 N–H and O–H groups in total. The van der Waals surface area contributed by atoms with Gasteiger partial charge < -0.3 is 15.0 Å². The van der Waals surface area contributed by atoms with Gasteiger partial charge in [-0.15, -0.1) is 0 Å². The van der Waals surface area contributed by atoms with Crippen LogP contribution in [0.15, 0.2) is 29.1 Å². The summed E-state index contributed by atoms with van der Waals surface area (Å²) in [5, 5.41) is 8.93. The maximum Gasteiger partial charge on any atom is 0.407 e. The van der Waals surface area contributed by atoms with Crippen molar-refractivity contribution < 1.29 is 9.90 Å². The maximum atomic E-state index is 12.0. The summed E-state index contributed by atoms with van der Waals surface area (Å²) in [5.74, 6) is 0.350. The molecule has 0 aliphatic carbocycles. The predicted molar refractivity (Wildman–Crippen MR) is 74.9 cm³/mol. The van der Waals surface area contributed by atoms with Gasteiger partial charge in [0, 0.05) is 19.6 Å². The standard InChI is InChI=1S/C14H17N3O3/c18-13-15-11-3-1-2-4-12(11)17(13)9-10-5-7-16(8-6-10)14(19)20/h1-4,10H,5-9H2,(H,15,18)(H,19,20). The molecule has 1 aromatic carbocycles. The van der Waals surface area contributed by atoms with Gasteiger partial charge in [0.2, 0.25) is 0 Å². The van der Waals surface area contributed by atoms with Crippen LogP contribution in [0, 0.1) is 5.92 Å². The van der Waals surface area contributed by atoms with E-state index in [-0.39, 0.29) is 5.69 Å². The minimum absolute atomic E-state index is 0.0909. The average Bonchev–Trinajstić information content (AvgIpc) is 2.76. The number of aromatic nitrogens is 2. The highest BCUT2D eigenvalue weighted by molar-refractivity contribution is 5.74. The van der Waals surface area contributed by atoms with E-state index >= 15 is 0 Å². The number of carboxylic acid groups (broad SMARTS) is 1. The summed E-state index contributed by atoms with van der Waals surface area (Å²) in [5.41, 5.74) is 1.67. The molecular weight excluding hydrogens is 258 g/mol. The molecule has 1 saturated heterocycles. The summed E-state index contributed by atoms with van der Waals surface area (Å²) < 4.78 is 1.76. The number of aromatic amines is 1. The smallest absolute Gasteiger partial charge is 0.407 e. The highest BCUT2D eigenvalue weighted by Crippen LogP contribution is 2.20. The second kappa shape index (κ2) is 5.03. The molecule has 1 aromatic heterocycles. The first-order valence-electron chi connectivity index (χ1n) is 6.80. The van der Waals surface area contributed by atoms with Crippen molar-refractivity contribution >= 4 is 17.1 Å². The molecule has 0 bridgehead atoms. The zero-order valence-corrected chi connectivity index (χ0v) is 11.1. The Labute approximate surface area is 115 Å². The van der Waals surface area contributed by atoms with Crippen LogP contribution in [0.5, 0.6) is 0 Å². The van der Waals surface area contributed by atoms with Gasteiger partial charge in [0.05, 0.1) is 11.0 Å². The fourth-order valence-corrected chi connectivity index (χ4v) is 2.85. The van der Waals surface area contributed by atoms with Gasteiger partial charge in [-0.05, 0) is 30.9 Å². The number of para-hydroxylation sites is 2. The maximum absolute atomic E-state index is 12.0. The number of nitrogens with zero attached hydrogens (tertiary/aromatic N) is 2. The van der Waals surface area contributed by atoms with Crippen molar-refractivity contribution in [2.45, 2.75) is 19.4 Å². The molecule has 3 rings (SSSR count). The third-order valence-electron chi connectivity index (χ3n) is 4.01. The van der Waals surface area contributed by atoms with E-state index in [0.29, 0.717) is 25.6 Å². The van der Waals surface area contributed by atoms with E-state index in [2.05, 4.69) is 4.98 Å². The number of benzene rings is 1. The van der Waals surface area contributed by atoms with Crippen LogP contribution in [0.3, 0.4) is 0 Å². The first-order valence-corrected chi connectivity index (χ1v) is 6.80. The number of hydrogen-bond acceptors (Lipinski definition) is 2. The highest BCUT2D eigenvalue weighted by Gasteiger charge is 2.23. The Kier molecular flexibility index (Phi) is 3.22. The lowest BCUT2D eigenvalue weighted by Crippen LogP contribution is -2.39. The first-order chi connectivity index (χ1) is 9.65. The van der Waals surface area contributed by atoms with Crippen molar-refractivity contribution in [3.63, 3.8) is 0 Å². The monoisotopic (exact) mass is 275 g/mol. The number of rotatable bonds is 2. The molecule has 0 unspecified atom stereocenters. The number of nitrogens with one attached hydrogen (secondary N) is 1. The molecule has 2 heterocycles. The molecule has 0 spiro atoms. The molecule has 20 heavy (non-hydrogen) atoms. The van der Waals surface area contributed by atoms with Crippen molar-refractivity contribution in [1.82, 2.24) is 14.5 Å². The zero-order valence-electron chi connectivity index (χ0n) is 11.1. The van der Waals surface area contributed by atoms with Crippen LogP contribution in [0.2, 0.25) is 0 Å². The number of H-pyrrole nitrogens is 1. The number of hydrogen-bond donors (Lipinski definition) is 2. The van der Waals surface area contributed by atoms with E-state index in [9.17, 15) is 9.59 Å². The molecule has 1 fully saturated rings. The molecule has 1 aliphatic rings. The highest BCUT2D eigenvalue weighted by atomic mass is 16.4. The van der Waals surface area contributed by atoms with Gasteiger partial charge in [-0.25, -0.2) is 9.59 Å². The van der Waals surface area contributed by atoms with E-state index in [4.69, 9.17) is 5.11 Å². The minimum atomic E-state index is -0.854. The zero-order chi connectivity index (χ0) is 14.1. The van der Waals surface area contributed by atoms with Crippen LogP contribution in [0.4, 0.5) is 4.79 Å². The Hall–Kier alpha value is -2.24. The van der Waals surface area contributed by atoms with Crippen molar-refractivity contribution in [1.29, 1.82) is 0 Å². The Bertz CT molecular complexity index is 680. The molecule has 106 valence electrons. The molecule has 1 amide bonds. The SMILES string of the molecule is O=C(O)N1CCC(Cn2c(=O)[nH]c3ccccc32)CC1. The fraction of sp³-hybridized carbons (Fsp3) is 0.429. The lowest BCUT2D eigenvalue weighted by molar-refractivity contribution is 0.121. The molecule has 0 radical (unpaired) electrons. The van der Waals surface area contributed by atoms with E-state index < -0.39 is 6.09 Å². The lowest BCUT2D eigenvalue weighted by atomic mass is 9.97. The second-order valence-corrected chi connectivity index (χ2v) is 5.27. The molecule has 1 aliphatic heterocycles. The third kappa shape index (κ3) is 2.29. The topological polar surface area (TPSA) is 78.3 Å². The molecule has 0 atom stereocenters. The number of piperidine rings is 1. The van der Waals surface area contributed by atoms with E-state index in [1.165, 1.54) is 4.90 Å². The van der Waals surface area contributed by atoms with Crippen LogP contribution in [-0.2, 0) is 6.54 Å². The van der Waals surface area contributed by atoms with Gasteiger partial charge in [0.15, 0.2) is 0 Å². The Morgan fingerprint density at radius 1 is 1.30 bits per heavy atom. The number of fused-ring (bicyclic) bond motifs is 1. The summed E-state index contributed by atoms with van der Waals surface area (Å²) in [6.07, 6.45) is 0.754. The van der Waals surface area contributed by atoms with Crippen molar-refractivity contribution in [2.24, 2.45) is 5.92 Å². The fourth-order valence-electron chi connectivity index (χ4n) is 2.85. The number of amides is 1. The van der Waals surface area contributed by atoms with Crippen LogP contribution in [-0.4, -0.2) is 38.7 Å². The Morgan fingerprint density at radius 3 is 2.70 bits per heavy atom. The predicted octanol–water partition coefficient (Wildman–Crippen LogP) is 1.72. The summed E-state index contributed by atoms with van der Waals surface area (Å²) in [7, 11) is 0. The largest absolute Gasteiger partial charge is 0.465 e. The Morgan fingerprint density at radius 2 is 2.00 bits per heavy atom. The van der Waals surface area contributed by atoms with Crippen LogP contribution < -0.4 is 5.69 Å². The van der Waals surface area contributed by atoms with Crippen LogP contribution >= 0.6 is 0 Å². The summed E-state index contributed by atoms with van der Waals surface area (Å²) in [6, 6.07) is 7.63. The van der Waals surface area contributed by atoms with Crippen LogP contribution in [0.25, 0.3) is 11.0 Å². The van der Waals surface area contributed by atoms with E-state index in [1.807, 2.05) is 24.3 Å². The third-order valence-corrected chi connectivity index (χ3v) is 4.01. The van der Waals surface area contributed by atoms with Gasteiger partial charge in [0.1, 0.15) is 0 Å². The van der Waals surface area contributed by atoms with E-state index in [0.717, 1.165) is 23.9 Å². The molecule has 6 nitrogen and oxygen atoms in total. The van der Waals surface area contributed by atoms with Crippen molar-refractivity contribution in [2.75, 3.05) is 13.1 Å².